The fourth-order valence-corrected chi connectivity index (χ4v) is 3.99. The predicted octanol–water partition coefficient (Wildman–Crippen LogP) is 9.12. The summed E-state index contributed by atoms with van der Waals surface area (Å²) in [6.07, 6.45) is 27.6. The van der Waals surface area contributed by atoms with Crippen molar-refractivity contribution in [3.63, 3.8) is 0 Å². The van der Waals surface area contributed by atoms with Gasteiger partial charge in [-0.15, -0.1) is 0 Å². The maximum Gasteiger partial charge on any atom is 0.162 e. The Morgan fingerprint density at radius 1 is 0.697 bits per heavy atom. The van der Waals surface area contributed by atoms with Gasteiger partial charge in [-0.2, -0.15) is 0 Å². The van der Waals surface area contributed by atoms with E-state index >= 15 is 0 Å². The number of para-hydroxylation sites is 1. The lowest BCUT2D eigenvalue weighted by atomic mass is 10.1. The van der Waals surface area contributed by atoms with Gasteiger partial charge in [-0.05, 0) is 56.2 Å². The van der Waals surface area contributed by atoms with Gasteiger partial charge in [0.05, 0.1) is 12.2 Å². The molecule has 0 unspecified atom stereocenters. The van der Waals surface area contributed by atoms with Crippen LogP contribution in [-0.2, 0) is 6.42 Å². The number of ether oxygens (including phenoxy) is 1. The van der Waals surface area contributed by atoms with Crippen LogP contribution in [0.25, 0.3) is 11.4 Å². The second-order valence-corrected chi connectivity index (χ2v) is 9.09. The summed E-state index contributed by atoms with van der Waals surface area (Å²) >= 11 is 0. The fraction of sp³-hybridized carbons (Fsp3) is 0.600. The third-order valence-electron chi connectivity index (χ3n) is 6.07. The maximum atomic E-state index is 6.09. The summed E-state index contributed by atoms with van der Waals surface area (Å²) in [7, 11) is 0. The van der Waals surface area contributed by atoms with Crippen LogP contribution in [0.3, 0.4) is 0 Å². The molecule has 33 heavy (non-hydrogen) atoms. The van der Waals surface area contributed by atoms with Gasteiger partial charge in [0.25, 0.3) is 0 Å². The van der Waals surface area contributed by atoms with Gasteiger partial charge in [0.15, 0.2) is 5.82 Å². The molecule has 1 aromatic heterocycles. The highest BCUT2D eigenvalue weighted by molar-refractivity contribution is 5.63. The summed E-state index contributed by atoms with van der Waals surface area (Å²) < 4.78 is 6.09. The van der Waals surface area contributed by atoms with Crippen molar-refractivity contribution in [2.45, 2.75) is 110 Å². The molecule has 3 heteroatoms. The smallest absolute Gasteiger partial charge is 0.162 e. The van der Waals surface area contributed by atoms with Crippen LogP contribution >= 0.6 is 0 Å². The maximum absolute atomic E-state index is 6.09. The van der Waals surface area contributed by atoms with E-state index in [0.717, 1.165) is 36.4 Å². The zero-order valence-corrected chi connectivity index (χ0v) is 21.2. The molecule has 182 valence electrons. The van der Waals surface area contributed by atoms with Crippen LogP contribution in [0, 0.1) is 0 Å². The summed E-state index contributed by atoms with van der Waals surface area (Å²) in [6.45, 7) is 5.24. The summed E-state index contributed by atoms with van der Waals surface area (Å²) in [5, 5.41) is 0. The van der Waals surface area contributed by atoms with Crippen LogP contribution in [0.4, 0.5) is 0 Å². The number of allylic oxidation sites excluding steroid dienone is 2. The highest BCUT2D eigenvalue weighted by Gasteiger charge is 2.08. The molecule has 1 heterocycles. The molecule has 0 saturated heterocycles. The molecule has 0 N–H and O–H groups in total. The van der Waals surface area contributed by atoms with Gasteiger partial charge in [-0.1, -0.05) is 95.9 Å². The van der Waals surface area contributed by atoms with E-state index in [4.69, 9.17) is 4.74 Å². The molecular formula is C30H46N2O. The molecule has 1 aromatic carbocycles. The Morgan fingerprint density at radius 2 is 1.30 bits per heavy atom. The molecule has 0 saturated carbocycles. The summed E-state index contributed by atoms with van der Waals surface area (Å²) in [6, 6.07) is 8.12. The Hall–Kier alpha value is -2.16. The lowest BCUT2D eigenvalue weighted by molar-refractivity contribution is 0.313. The van der Waals surface area contributed by atoms with Crippen molar-refractivity contribution in [1.82, 2.24) is 9.97 Å². The number of rotatable bonds is 19. The molecule has 0 aliphatic rings. The first-order valence-corrected chi connectivity index (χ1v) is 13.5. The summed E-state index contributed by atoms with van der Waals surface area (Å²) in [5.41, 5.74) is 2.20. The average molecular weight is 451 g/mol. The number of unbranched alkanes of at least 4 members (excludes halogenated alkanes) is 11. The van der Waals surface area contributed by atoms with E-state index in [9.17, 15) is 0 Å². The zero-order chi connectivity index (χ0) is 23.4. The van der Waals surface area contributed by atoms with Crippen LogP contribution < -0.4 is 4.74 Å². The van der Waals surface area contributed by atoms with Gasteiger partial charge in [-0.3, -0.25) is 0 Å². The van der Waals surface area contributed by atoms with Crippen LogP contribution in [0.15, 0.2) is 48.8 Å². The van der Waals surface area contributed by atoms with Crippen molar-refractivity contribution >= 4 is 0 Å². The molecule has 0 fully saturated rings. The van der Waals surface area contributed by atoms with E-state index in [1.165, 1.54) is 82.6 Å². The Labute approximate surface area is 203 Å². The average Bonchev–Trinajstić information content (AvgIpc) is 2.85. The third-order valence-corrected chi connectivity index (χ3v) is 6.07. The van der Waals surface area contributed by atoms with Crippen molar-refractivity contribution in [3.05, 3.63) is 54.4 Å². The molecule has 0 amide bonds. The second kappa shape index (κ2) is 18.3. The van der Waals surface area contributed by atoms with Gasteiger partial charge in [0.2, 0.25) is 0 Å². The number of hydrogen-bond acceptors (Lipinski definition) is 3. The van der Waals surface area contributed by atoms with Crippen LogP contribution in [0.5, 0.6) is 5.75 Å². The van der Waals surface area contributed by atoms with Crippen LogP contribution in [0.2, 0.25) is 0 Å². The molecule has 0 atom stereocenters. The number of aryl methyl sites for hydroxylation is 1. The summed E-state index contributed by atoms with van der Waals surface area (Å²) in [5.74, 6) is 1.63. The minimum atomic E-state index is 0.716. The van der Waals surface area contributed by atoms with Crippen LogP contribution in [0.1, 0.15) is 109 Å². The quantitative estimate of drug-likeness (QED) is 0.158. The van der Waals surface area contributed by atoms with E-state index in [2.05, 4.69) is 42.0 Å². The van der Waals surface area contributed by atoms with Gasteiger partial charge in [-0.25, -0.2) is 9.97 Å². The predicted molar refractivity (Wildman–Crippen MR) is 142 cm³/mol. The zero-order valence-electron chi connectivity index (χ0n) is 21.2. The van der Waals surface area contributed by atoms with Gasteiger partial charge in [0, 0.05) is 12.4 Å². The standard InChI is InChI=1S/C30H46N2O/c1-3-5-7-9-11-12-13-14-16-20-24-33-29-23-19-18-22-28(29)30-31-25-27(26-32-30)21-17-15-10-8-6-4-2/h13-14,18-19,22-23,25-26H,3-12,15-17,20-21,24H2,1-2H3. The normalized spacial score (nSPS) is 11.3. The van der Waals surface area contributed by atoms with Gasteiger partial charge < -0.3 is 4.74 Å². The third kappa shape index (κ3) is 12.0. The first kappa shape index (κ1) is 27.1. The van der Waals surface area contributed by atoms with Crippen molar-refractivity contribution in [2.24, 2.45) is 0 Å². The largest absolute Gasteiger partial charge is 0.493 e. The molecule has 0 spiro atoms. The van der Waals surface area contributed by atoms with Gasteiger partial charge >= 0.3 is 0 Å². The highest BCUT2D eigenvalue weighted by atomic mass is 16.5. The molecular weight excluding hydrogens is 404 g/mol. The number of aromatic nitrogens is 2. The molecule has 0 aliphatic heterocycles. The first-order valence-electron chi connectivity index (χ1n) is 13.5. The van der Waals surface area contributed by atoms with E-state index < -0.39 is 0 Å². The molecule has 2 aromatic rings. The Kier molecular flexibility index (Phi) is 15.0. The lowest BCUT2D eigenvalue weighted by Crippen LogP contribution is -2.00. The summed E-state index contributed by atoms with van der Waals surface area (Å²) in [4.78, 5) is 9.28. The van der Waals surface area contributed by atoms with Gasteiger partial charge in [0.1, 0.15) is 5.75 Å². The molecule has 2 rings (SSSR count). The Balaban J connectivity index is 1.70. The van der Waals surface area contributed by atoms with Crippen molar-refractivity contribution in [2.75, 3.05) is 6.61 Å². The highest BCUT2D eigenvalue weighted by Crippen LogP contribution is 2.27. The molecule has 0 bridgehead atoms. The fourth-order valence-electron chi connectivity index (χ4n) is 3.99. The molecule has 3 nitrogen and oxygen atoms in total. The number of nitrogens with zero attached hydrogens (tertiary/aromatic N) is 2. The molecule has 0 radical (unpaired) electrons. The van der Waals surface area contributed by atoms with Crippen molar-refractivity contribution in [1.29, 1.82) is 0 Å². The first-order chi connectivity index (χ1) is 16.3. The number of hydrogen-bond donors (Lipinski definition) is 0. The van der Waals surface area contributed by atoms with Crippen LogP contribution in [-0.4, -0.2) is 16.6 Å². The van der Waals surface area contributed by atoms with E-state index in [1.54, 1.807) is 0 Å². The second-order valence-electron chi connectivity index (χ2n) is 9.09. The van der Waals surface area contributed by atoms with E-state index in [1.807, 2.05) is 30.6 Å². The van der Waals surface area contributed by atoms with E-state index in [0.29, 0.717) is 6.61 Å². The SMILES string of the molecule is CCCCCCCC=CCCCOc1ccccc1-c1ncc(CCCCCCCC)cn1. The minimum absolute atomic E-state index is 0.716. The monoisotopic (exact) mass is 450 g/mol. The Bertz CT molecular complexity index is 754. The Morgan fingerprint density at radius 3 is 2.03 bits per heavy atom. The topological polar surface area (TPSA) is 35.0 Å². The minimum Gasteiger partial charge on any atom is -0.493 e. The van der Waals surface area contributed by atoms with E-state index in [-0.39, 0.29) is 0 Å². The van der Waals surface area contributed by atoms with Crippen molar-refractivity contribution < 1.29 is 4.74 Å². The number of benzene rings is 1. The molecule has 0 aliphatic carbocycles. The lowest BCUT2D eigenvalue weighted by Gasteiger charge is -2.10. The van der Waals surface area contributed by atoms with Crippen molar-refractivity contribution in [3.8, 4) is 17.1 Å².